The van der Waals surface area contributed by atoms with E-state index in [-0.39, 0.29) is 42.4 Å². The fourth-order valence-electron chi connectivity index (χ4n) is 2.36. The Morgan fingerprint density at radius 1 is 0.500 bits per heavy atom. The molecule has 0 heterocycles. The van der Waals surface area contributed by atoms with E-state index in [9.17, 15) is 0 Å². The monoisotopic (exact) mass is 568 g/mol. The van der Waals surface area contributed by atoms with E-state index < -0.39 is 0 Å². The number of rotatable bonds is 9. The fraction of sp³-hybridized carbons (Fsp3) is 0.333. The van der Waals surface area contributed by atoms with Crippen LogP contribution in [0, 0.1) is 26.8 Å². The third-order valence-electron chi connectivity index (χ3n) is 3.77. The normalized spacial score (nSPS) is 9.69. The molecule has 0 saturated carbocycles. The van der Waals surface area contributed by atoms with Gasteiger partial charge in [0, 0.05) is 12.8 Å². The summed E-state index contributed by atoms with van der Waals surface area (Å²) in [5.41, 5.74) is 0. The zero-order valence-corrected chi connectivity index (χ0v) is 19.5. The maximum absolute atomic E-state index is 3.39. The van der Waals surface area contributed by atoms with Crippen LogP contribution in [-0.2, 0) is 0 Å². The molecule has 2 aromatic rings. The van der Waals surface area contributed by atoms with Gasteiger partial charge in [0.2, 0.25) is 7.14 Å². The summed E-state index contributed by atoms with van der Waals surface area (Å²) >= 11 is -0.201. The minimum absolute atomic E-state index is 0.100. The summed E-state index contributed by atoms with van der Waals surface area (Å²) in [5, 5.41) is 0. The molecule has 0 unspecified atom stereocenters. The Morgan fingerprint density at radius 3 is 1.31 bits per heavy atom. The molecule has 2 rings (SSSR count). The molecule has 0 saturated heterocycles. The molecule has 0 fully saturated rings. The molecular formula is C24H26I2+2. The number of hydrogen-bond donors (Lipinski definition) is 0. The maximum atomic E-state index is 3.39. The van der Waals surface area contributed by atoms with Gasteiger partial charge in [-0.1, -0.05) is 62.1 Å². The molecule has 0 aliphatic carbocycles. The van der Waals surface area contributed by atoms with Gasteiger partial charge in [-0.05, 0) is 48.9 Å². The predicted octanol–water partition coefficient (Wildman–Crippen LogP) is -0.0534. The molecule has 26 heavy (non-hydrogen) atoms. The number of halogens is 2. The highest BCUT2D eigenvalue weighted by Crippen LogP contribution is 2.07. The molecule has 0 N–H and O–H groups in total. The Balaban J connectivity index is 1.38. The summed E-state index contributed by atoms with van der Waals surface area (Å²) in [5.74, 6) is 6.71. The van der Waals surface area contributed by atoms with Gasteiger partial charge in [0.05, 0.1) is 0 Å². The Bertz CT molecular complexity index is 649. The molecule has 0 nitrogen and oxygen atoms in total. The zero-order valence-electron chi connectivity index (χ0n) is 15.2. The van der Waals surface area contributed by atoms with Crippen LogP contribution < -0.4 is 42.4 Å². The SMILES string of the molecule is C(#C[I+]c1ccccc1)CCCCCCCCC#C[I+]c1ccccc1. The smallest absolute Gasteiger partial charge is 0.0619 e. The molecular weight excluding hydrogens is 542 g/mol. The zero-order chi connectivity index (χ0) is 18.1. The van der Waals surface area contributed by atoms with Gasteiger partial charge in [-0.3, -0.25) is 0 Å². The summed E-state index contributed by atoms with van der Waals surface area (Å²) in [7, 11) is 0. The van der Waals surface area contributed by atoms with Gasteiger partial charge in [0.15, 0.2) is 7.85 Å². The topological polar surface area (TPSA) is 0 Å². The highest BCUT2D eigenvalue weighted by Gasteiger charge is 2.06. The second-order valence-corrected chi connectivity index (χ2v) is 10.6. The first-order chi connectivity index (χ1) is 12.9. The van der Waals surface area contributed by atoms with E-state index in [1.54, 1.807) is 0 Å². The third-order valence-corrected chi connectivity index (χ3v) is 7.75. The van der Waals surface area contributed by atoms with Gasteiger partial charge in [0.1, 0.15) is 0 Å². The first kappa shape index (κ1) is 21.3. The Hall–Kier alpha value is -0.980. The third kappa shape index (κ3) is 10.9. The lowest BCUT2D eigenvalue weighted by Crippen LogP contribution is -3.59. The quantitative estimate of drug-likeness (QED) is 0.226. The van der Waals surface area contributed by atoms with E-state index >= 15 is 0 Å². The molecule has 0 atom stereocenters. The molecule has 2 aromatic carbocycles. The lowest BCUT2D eigenvalue weighted by atomic mass is 10.1. The number of unbranched alkanes of at least 4 members (excludes halogenated alkanes) is 7. The molecule has 0 aliphatic rings. The van der Waals surface area contributed by atoms with Gasteiger partial charge < -0.3 is 0 Å². The van der Waals surface area contributed by atoms with Crippen molar-refractivity contribution in [2.45, 2.75) is 51.4 Å². The van der Waals surface area contributed by atoms with Gasteiger partial charge >= 0.3 is 42.4 Å². The van der Waals surface area contributed by atoms with Crippen LogP contribution in [-0.4, -0.2) is 0 Å². The Kier molecular flexibility index (Phi) is 12.4. The summed E-state index contributed by atoms with van der Waals surface area (Å²) < 4.78 is 9.63. The minimum Gasteiger partial charge on any atom is -0.0619 e. The fourth-order valence-corrected chi connectivity index (χ4v) is 5.45. The summed E-state index contributed by atoms with van der Waals surface area (Å²) in [4.78, 5) is 0. The van der Waals surface area contributed by atoms with Gasteiger partial charge in [-0.25, -0.2) is 0 Å². The van der Waals surface area contributed by atoms with Crippen molar-refractivity contribution in [1.29, 1.82) is 0 Å². The van der Waals surface area contributed by atoms with Crippen LogP contribution >= 0.6 is 0 Å². The summed E-state index contributed by atoms with van der Waals surface area (Å²) in [6.45, 7) is 0. The predicted molar refractivity (Wildman–Crippen MR) is 103 cm³/mol. The molecule has 0 aromatic heterocycles. The van der Waals surface area contributed by atoms with Crippen molar-refractivity contribution < 1.29 is 42.4 Å². The van der Waals surface area contributed by atoms with Crippen LogP contribution in [0.2, 0.25) is 0 Å². The summed E-state index contributed by atoms with van der Waals surface area (Å²) in [6, 6.07) is 21.3. The maximum Gasteiger partial charge on any atom is 0.419 e. The van der Waals surface area contributed by atoms with Crippen LogP contribution in [0.25, 0.3) is 0 Å². The molecule has 0 amide bonds. The van der Waals surface area contributed by atoms with Gasteiger partial charge in [-0.15, -0.1) is 0 Å². The Morgan fingerprint density at radius 2 is 0.885 bits per heavy atom. The van der Waals surface area contributed by atoms with Gasteiger partial charge in [0.25, 0.3) is 0 Å². The second kappa shape index (κ2) is 15.1. The lowest BCUT2D eigenvalue weighted by molar-refractivity contribution is -0.535. The van der Waals surface area contributed by atoms with Crippen LogP contribution in [0.3, 0.4) is 0 Å². The first-order valence-corrected chi connectivity index (χ1v) is 13.6. The van der Waals surface area contributed by atoms with Crippen LogP contribution in [0.5, 0.6) is 0 Å². The van der Waals surface area contributed by atoms with Crippen molar-refractivity contribution in [3.05, 3.63) is 67.8 Å². The molecule has 0 aliphatic heterocycles. The first-order valence-electron chi connectivity index (χ1n) is 9.28. The second-order valence-electron chi connectivity index (χ2n) is 5.94. The average molecular weight is 568 g/mol. The van der Waals surface area contributed by atoms with Crippen molar-refractivity contribution >= 4 is 0 Å². The van der Waals surface area contributed by atoms with Gasteiger partial charge in [-0.2, -0.15) is 0 Å². The minimum atomic E-state index is -0.100. The van der Waals surface area contributed by atoms with Crippen molar-refractivity contribution in [3.8, 4) is 19.7 Å². The number of benzene rings is 2. The highest BCUT2D eigenvalue weighted by atomic mass is 127. The van der Waals surface area contributed by atoms with E-state index in [2.05, 4.69) is 80.4 Å². The average Bonchev–Trinajstić information content (AvgIpc) is 2.70. The Labute approximate surface area is 180 Å². The molecule has 0 bridgehead atoms. The van der Waals surface area contributed by atoms with E-state index in [0.29, 0.717) is 0 Å². The lowest BCUT2D eigenvalue weighted by Gasteiger charge is -1.97. The summed E-state index contributed by atoms with van der Waals surface area (Å²) in [6.07, 6.45) is 9.99. The van der Waals surface area contributed by atoms with E-state index in [4.69, 9.17) is 0 Å². The molecule has 0 radical (unpaired) electrons. The van der Waals surface area contributed by atoms with Crippen molar-refractivity contribution in [3.63, 3.8) is 0 Å². The van der Waals surface area contributed by atoms with E-state index in [1.165, 1.54) is 45.7 Å². The largest absolute Gasteiger partial charge is 0.419 e. The van der Waals surface area contributed by atoms with Crippen LogP contribution in [0.15, 0.2) is 60.7 Å². The van der Waals surface area contributed by atoms with Crippen LogP contribution in [0.4, 0.5) is 0 Å². The van der Waals surface area contributed by atoms with Crippen LogP contribution in [0.1, 0.15) is 51.4 Å². The molecule has 2 heteroatoms. The van der Waals surface area contributed by atoms with E-state index in [0.717, 1.165) is 12.8 Å². The number of hydrogen-bond acceptors (Lipinski definition) is 0. The van der Waals surface area contributed by atoms with E-state index in [1.807, 2.05) is 0 Å². The van der Waals surface area contributed by atoms with Crippen molar-refractivity contribution in [2.75, 3.05) is 0 Å². The molecule has 0 spiro atoms. The highest BCUT2D eigenvalue weighted by molar-refractivity contribution is 5.01. The standard InChI is InChI=1S/C24H26I2/c1(3-5-7-15-21-25-23-17-11-9-12-18-23)2-4-6-8-16-22-26-24-19-13-10-14-20-24/h9-14,17-20H,1-8H2/q+2. The molecule has 134 valence electrons. The van der Waals surface area contributed by atoms with Crippen molar-refractivity contribution in [1.82, 2.24) is 0 Å². The van der Waals surface area contributed by atoms with Crippen molar-refractivity contribution in [2.24, 2.45) is 0 Å².